The van der Waals surface area contributed by atoms with Crippen molar-refractivity contribution in [1.82, 2.24) is 4.57 Å². The average Bonchev–Trinajstić information content (AvgIpc) is 3.35. The number of imide groups is 1. The number of nitrogens with zero attached hydrogens (tertiary/aromatic N) is 2. The van der Waals surface area contributed by atoms with Crippen molar-refractivity contribution in [2.45, 2.75) is 39.5 Å². The Kier molecular flexibility index (Phi) is 5.08. The minimum atomic E-state index is -0.262. The van der Waals surface area contributed by atoms with Crippen molar-refractivity contribution in [2.75, 3.05) is 4.90 Å². The van der Waals surface area contributed by atoms with Crippen LogP contribution in [0, 0.1) is 0 Å². The Morgan fingerprint density at radius 2 is 1.11 bits per heavy atom. The van der Waals surface area contributed by atoms with Gasteiger partial charge in [-0.15, -0.1) is 0 Å². The molecule has 0 radical (unpaired) electrons. The van der Waals surface area contributed by atoms with Gasteiger partial charge in [0.05, 0.1) is 33.5 Å². The van der Waals surface area contributed by atoms with E-state index in [1.54, 1.807) is 6.07 Å². The first-order chi connectivity index (χ1) is 17.4. The van der Waals surface area contributed by atoms with Crippen LogP contribution in [0.5, 0.6) is 0 Å². The van der Waals surface area contributed by atoms with Gasteiger partial charge in [-0.05, 0) is 47.2 Å². The lowest BCUT2D eigenvalue weighted by atomic mass is 9.92. The third kappa shape index (κ3) is 3.07. The number of para-hydroxylation sites is 3. The van der Waals surface area contributed by atoms with E-state index in [-0.39, 0.29) is 23.7 Å². The first-order valence-electron chi connectivity index (χ1n) is 12.5. The van der Waals surface area contributed by atoms with E-state index < -0.39 is 0 Å². The lowest BCUT2D eigenvalue weighted by Gasteiger charge is -2.25. The molecule has 4 aromatic carbocycles. The van der Waals surface area contributed by atoms with Crippen LogP contribution in [0.1, 0.15) is 71.4 Å². The summed E-state index contributed by atoms with van der Waals surface area (Å²) in [6.07, 6.45) is 0. The maximum atomic E-state index is 14.2. The molecule has 0 N–H and O–H groups in total. The molecular formula is C32H28N2O2. The molecule has 1 aromatic heterocycles. The van der Waals surface area contributed by atoms with E-state index in [2.05, 4.69) is 56.5 Å². The number of rotatable bonds is 4. The monoisotopic (exact) mass is 472 g/mol. The van der Waals surface area contributed by atoms with Crippen LogP contribution in [0.3, 0.4) is 0 Å². The predicted octanol–water partition coefficient (Wildman–Crippen LogP) is 7.83. The van der Waals surface area contributed by atoms with Crippen molar-refractivity contribution < 1.29 is 9.59 Å². The highest BCUT2D eigenvalue weighted by atomic mass is 16.2. The van der Waals surface area contributed by atoms with Crippen LogP contribution >= 0.6 is 0 Å². The summed E-state index contributed by atoms with van der Waals surface area (Å²) >= 11 is 0. The van der Waals surface area contributed by atoms with Gasteiger partial charge in [0, 0.05) is 10.8 Å². The SMILES string of the molecule is CC(C)c1cccc(C(C)C)c1N1C(=O)c2cccc(-n3c4ccccc4c4ccccc43)c2C1=O. The van der Waals surface area contributed by atoms with Gasteiger partial charge in [0.25, 0.3) is 11.8 Å². The number of anilines is 1. The van der Waals surface area contributed by atoms with E-state index in [1.165, 1.54) is 4.90 Å². The lowest BCUT2D eigenvalue weighted by Crippen LogP contribution is -2.32. The summed E-state index contributed by atoms with van der Waals surface area (Å²) in [4.78, 5) is 29.6. The number of aromatic nitrogens is 1. The smallest absolute Gasteiger partial charge is 0.268 e. The summed E-state index contributed by atoms with van der Waals surface area (Å²) in [7, 11) is 0. The minimum Gasteiger partial charge on any atom is -0.308 e. The van der Waals surface area contributed by atoms with E-state index in [9.17, 15) is 9.59 Å². The van der Waals surface area contributed by atoms with E-state index in [0.717, 1.165) is 44.3 Å². The highest BCUT2D eigenvalue weighted by molar-refractivity contribution is 6.36. The quantitative estimate of drug-likeness (QED) is 0.250. The molecule has 0 aliphatic carbocycles. The van der Waals surface area contributed by atoms with Gasteiger partial charge in [-0.2, -0.15) is 0 Å². The summed E-state index contributed by atoms with van der Waals surface area (Å²) in [6.45, 7) is 8.41. The molecule has 2 amide bonds. The fourth-order valence-electron chi connectivity index (χ4n) is 5.61. The van der Waals surface area contributed by atoms with Crippen LogP contribution in [0.15, 0.2) is 84.9 Å². The maximum absolute atomic E-state index is 14.2. The molecule has 1 aliphatic rings. The van der Waals surface area contributed by atoms with Crippen molar-refractivity contribution in [3.05, 3.63) is 107 Å². The Balaban J connectivity index is 1.63. The molecule has 0 fully saturated rings. The van der Waals surface area contributed by atoms with Crippen LogP contribution in [-0.4, -0.2) is 16.4 Å². The number of carbonyl (C=O) groups is 2. The highest BCUT2D eigenvalue weighted by Gasteiger charge is 2.41. The largest absolute Gasteiger partial charge is 0.308 e. The van der Waals surface area contributed by atoms with Gasteiger partial charge in [-0.3, -0.25) is 9.59 Å². The maximum Gasteiger partial charge on any atom is 0.268 e. The molecule has 4 nitrogen and oxygen atoms in total. The molecule has 1 aliphatic heterocycles. The van der Waals surface area contributed by atoms with Crippen molar-refractivity contribution in [1.29, 1.82) is 0 Å². The van der Waals surface area contributed by atoms with Gasteiger partial charge >= 0.3 is 0 Å². The Morgan fingerprint density at radius 1 is 0.583 bits per heavy atom. The van der Waals surface area contributed by atoms with Crippen molar-refractivity contribution in [3.63, 3.8) is 0 Å². The van der Waals surface area contributed by atoms with Gasteiger partial charge in [-0.1, -0.05) is 88.4 Å². The average molecular weight is 473 g/mol. The Hall–Kier alpha value is -4.18. The molecular weight excluding hydrogens is 444 g/mol. The van der Waals surface area contributed by atoms with Gasteiger partial charge in [-0.25, -0.2) is 4.90 Å². The van der Waals surface area contributed by atoms with Crippen molar-refractivity contribution >= 4 is 39.3 Å². The van der Waals surface area contributed by atoms with Crippen molar-refractivity contribution in [3.8, 4) is 5.69 Å². The summed E-state index contributed by atoms with van der Waals surface area (Å²) < 4.78 is 2.12. The molecule has 5 aromatic rings. The zero-order chi connectivity index (χ0) is 25.1. The summed E-state index contributed by atoms with van der Waals surface area (Å²) in [5.41, 5.74) is 6.42. The Bertz CT molecular complexity index is 1610. The molecule has 0 spiro atoms. The van der Waals surface area contributed by atoms with Crippen LogP contribution in [0.25, 0.3) is 27.5 Å². The van der Waals surface area contributed by atoms with Gasteiger partial charge in [0.2, 0.25) is 0 Å². The molecule has 0 unspecified atom stereocenters. The zero-order valence-electron chi connectivity index (χ0n) is 20.9. The van der Waals surface area contributed by atoms with E-state index >= 15 is 0 Å². The molecule has 0 saturated heterocycles. The third-order valence-electron chi connectivity index (χ3n) is 7.28. The minimum absolute atomic E-state index is 0.166. The van der Waals surface area contributed by atoms with Crippen LogP contribution in [0.4, 0.5) is 5.69 Å². The number of carbonyl (C=O) groups excluding carboxylic acids is 2. The molecule has 2 heterocycles. The second-order valence-electron chi connectivity index (χ2n) is 10.1. The number of benzene rings is 4. The highest BCUT2D eigenvalue weighted by Crippen LogP contribution is 2.42. The zero-order valence-corrected chi connectivity index (χ0v) is 20.9. The van der Waals surface area contributed by atoms with Crippen molar-refractivity contribution in [2.24, 2.45) is 0 Å². The Labute approximate surface area is 210 Å². The van der Waals surface area contributed by atoms with E-state index in [0.29, 0.717) is 11.1 Å². The van der Waals surface area contributed by atoms with Crippen LogP contribution in [0.2, 0.25) is 0 Å². The molecule has 6 rings (SSSR count). The fourth-order valence-corrected chi connectivity index (χ4v) is 5.61. The van der Waals surface area contributed by atoms with E-state index in [4.69, 9.17) is 0 Å². The topological polar surface area (TPSA) is 42.3 Å². The number of hydrogen-bond acceptors (Lipinski definition) is 2. The first-order valence-corrected chi connectivity index (χ1v) is 12.5. The number of amides is 2. The summed E-state index contributed by atoms with van der Waals surface area (Å²) in [6, 6.07) is 28.1. The fraction of sp³-hybridized carbons (Fsp3) is 0.188. The van der Waals surface area contributed by atoms with Crippen LogP contribution in [-0.2, 0) is 0 Å². The molecule has 178 valence electrons. The van der Waals surface area contributed by atoms with Gasteiger partial charge < -0.3 is 4.57 Å². The molecule has 0 bridgehead atoms. The molecule has 4 heteroatoms. The summed E-state index contributed by atoms with van der Waals surface area (Å²) in [5.74, 6) is -0.185. The third-order valence-corrected chi connectivity index (χ3v) is 7.28. The van der Waals surface area contributed by atoms with Crippen LogP contribution < -0.4 is 4.90 Å². The second kappa shape index (κ2) is 8.20. The Morgan fingerprint density at radius 3 is 1.67 bits per heavy atom. The number of fused-ring (bicyclic) bond motifs is 4. The first kappa shape index (κ1) is 22.3. The molecule has 0 atom stereocenters. The normalized spacial score (nSPS) is 13.6. The van der Waals surface area contributed by atoms with E-state index in [1.807, 2.05) is 54.6 Å². The lowest BCUT2D eigenvalue weighted by molar-refractivity contribution is 0.0925. The predicted molar refractivity (Wildman–Crippen MR) is 147 cm³/mol. The standard InChI is InChI=1S/C32H28N2O2/c1-19(2)21-13-9-14-22(20(3)4)30(21)34-31(35)25-15-10-18-28(29(25)32(34)36)33-26-16-7-5-11-23(26)24-12-6-8-17-27(24)33/h5-20H,1-4H3. The summed E-state index contributed by atoms with van der Waals surface area (Å²) in [5, 5.41) is 2.23. The van der Waals surface area contributed by atoms with Gasteiger partial charge in [0.1, 0.15) is 0 Å². The molecule has 0 saturated carbocycles. The number of hydrogen-bond donors (Lipinski definition) is 0. The van der Waals surface area contributed by atoms with Gasteiger partial charge in [0.15, 0.2) is 0 Å². The second-order valence-corrected chi connectivity index (χ2v) is 10.1. The molecule has 36 heavy (non-hydrogen) atoms.